The highest BCUT2D eigenvalue weighted by Crippen LogP contribution is 2.37. The lowest BCUT2D eigenvalue weighted by Crippen LogP contribution is -2.14. The summed E-state index contributed by atoms with van der Waals surface area (Å²) in [6.07, 6.45) is 0.793. The van der Waals surface area contributed by atoms with Crippen LogP contribution in [0.25, 0.3) is 0 Å². The van der Waals surface area contributed by atoms with Gasteiger partial charge in [-0.25, -0.2) is 0 Å². The fourth-order valence-electron chi connectivity index (χ4n) is 2.69. The summed E-state index contributed by atoms with van der Waals surface area (Å²) in [5.41, 5.74) is 1.28. The van der Waals surface area contributed by atoms with Gasteiger partial charge in [-0.1, -0.05) is 36.0 Å². The number of benzene rings is 3. The summed E-state index contributed by atoms with van der Waals surface area (Å²) in [6, 6.07) is 19.6. The van der Waals surface area contributed by atoms with Gasteiger partial charge in [0.15, 0.2) is 5.69 Å². The molecule has 154 valence electrons. The van der Waals surface area contributed by atoms with Gasteiger partial charge in [0.25, 0.3) is 5.69 Å². The summed E-state index contributed by atoms with van der Waals surface area (Å²) in [7, 11) is 3.97. The van der Waals surface area contributed by atoms with Crippen molar-refractivity contribution in [2.75, 3.05) is 20.6 Å². The molecule has 3 rings (SSSR count). The highest BCUT2D eigenvalue weighted by atomic mass is 32.2. The van der Waals surface area contributed by atoms with E-state index >= 15 is 0 Å². The van der Waals surface area contributed by atoms with Crippen LogP contribution in [-0.4, -0.2) is 35.6 Å². The van der Waals surface area contributed by atoms with Crippen LogP contribution in [0, 0.1) is 10.1 Å². The van der Waals surface area contributed by atoms with Crippen LogP contribution in [0.5, 0.6) is 5.75 Å². The zero-order valence-electron chi connectivity index (χ0n) is 16.7. The van der Waals surface area contributed by atoms with Crippen molar-refractivity contribution >= 4 is 28.8 Å². The van der Waals surface area contributed by atoms with Crippen LogP contribution < -0.4 is 0 Å². The topological polar surface area (TPSA) is 91.3 Å². The first-order chi connectivity index (χ1) is 14.4. The number of rotatable bonds is 8. The molecule has 0 saturated heterocycles. The van der Waals surface area contributed by atoms with Gasteiger partial charge in [0, 0.05) is 22.4 Å². The van der Waals surface area contributed by atoms with Crippen molar-refractivity contribution in [2.24, 2.45) is 10.2 Å². The first-order valence-corrected chi connectivity index (χ1v) is 10.1. The van der Waals surface area contributed by atoms with E-state index in [9.17, 15) is 15.2 Å². The summed E-state index contributed by atoms with van der Waals surface area (Å²) >= 11 is 1.43. The molecular formula is C22H22N4O3S. The summed E-state index contributed by atoms with van der Waals surface area (Å²) in [5, 5.41) is 29.7. The van der Waals surface area contributed by atoms with E-state index in [0.717, 1.165) is 28.3 Å². The van der Waals surface area contributed by atoms with Crippen molar-refractivity contribution in [3.8, 4) is 5.75 Å². The van der Waals surface area contributed by atoms with Gasteiger partial charge < -0.3 is 10.0 Å². The second-order valence-electron chi connectivity index (χ2n) is 6.90. The molecule has 0 saturated carbocycles. The molecule has 0 amide bonds. The second kappa shape index (κ2) is 10.00. The number of azo groups is 1. The Morgan fingerprint density at radius 3 is 2.40 bits per heavy atom. The van der Waals surface area contributed by atoms with Crippen LogP contribution in [0.2, 0.25) is 0 Å². The molecule has 3 aromatic rings. The van der Waals surface area contributed by atoms with Gasteiger partial charge in [0.2, 0.25) is 0 Å². The number of nitrogens with zero attached hydrogens (tertiary/aromatic N) is 4. The van der Waals surface area contributed by atoms with Gasteiger partial charge in [-0.2, -0.15) is 0 Å². The zero-order chi connectivity index (χ0) is 21.5. The van der Waals surface area contributed by atoms with Gasteiger partial charge in [-0.15, -0.1) is 10.2 Å². The number of hydrogen-bond donors (Lipinski definition) is 1. The van der Waals surface area contributed by atoms with E-state index in [4.69, 9.17) is 0 Å². The van der Waals surface area contributed by atoms with E-state index in [-0.39, 0.29) is 22.8 Å². The average molecular weight is 423 g/mol. The Kier molecular flexibility index (Phi) is 7.16. The van der Waals surface area contributed by atoms with Crippen LogP contribution >= 0.6 is 11.8 Å². The Labute approximate surface area is 179 Å². The van der Waals surface area contributed by atoms with Gasteiger partial charge >= 0.3 is 0 Å². The van der Waals surface area contributed by atoms with E-state index in [1.165, 1.54) is 17.8 Å². The lowest BCUT2D eigenvalue weighted by Gasteiger charge is -2.09. The molecule has 1 N–H and O–H groups in total. The van der Waals surface area contributed by atoms with Crippen molar-refractivity contribution in [3.05, 3.63) is 82.4 Å². The minimum atomic E-state index is -0.475. The van der Waals surface area contributed by atoms with E-state index in [0.29, 0.717) is 0 Å². The average Bonchev–Trinajstić information content (AvgIpc) is 2.73. The Hall–Kier alpha value is -3.23. The van der Waals surface area contributed by atoms with Crippen molar-refractivity contribution < 1.29 is 10.0 Å². The lowest BCUT2D eigenvalue weighted by atomic mass is 10.1. The summed E-state index contributed by atoms with van der Waals surface area (Å²) < 4.78 is 0. The number of phenols is 1. The number of phenolic OH excluding ortho intramolecular Hbond substituents is 1. The molecule has 0 aliphatic rings. The number of aromatic hydroxyl groups is 1. The largest absolute Gasteiger partial charge is 0.506 e. The van der Waals surface area contributed by atoms with Crippen molar-refractivity contribution in [1.82, 2.24) is 4.90 Å². The molecule has 0 bridgehead atoms. The van der Waals surface area contributed by atoms with Crippen LogP contribution in [0.3, 0.4) is 0 Å². The number of hydrogen-bond acceptors (Lipinski definition) is 7. The van der Waals surface area contributed by atoms with Gasteiger partial charge in [-0.3, -0.25) is 10.1 Å². The normalized spacial score (nSPS) is 11.3. The van der Waals surface area contributed by atoms with Crippen molar-refractivity contribution in [1.29, 1.82) is 0 Å². The molecule has 0 aliphatic carbocycles. The van der Waals surface area contributed by atoms with E-state index < -0.39 is 4.92 Å². The van der Waals surface area contributed by atoms with E-state index in [2.05, 4.69) is 15.1 Å². The van der Waals surface area contributed by atoms with Gasteiger partial charge in [0.05, 0.1) is 4.92 Å². The summed E-state index contributed by atoms with van der Waals surface area (Å²) in [6.45, 7) is 0.855. The Morgan fingerprint density at radius 1 is 0.967 bits per heavy atom. The third kappa shape index (κ3) is 5.88. The fraction of sp³-hybridized carbons (Fsp3) is 0.182. The van der Waals surface area contributed by atoms with Gasteiger partial charge in [-0.05, 0) is 62.5 Å². The molecule has 8 heteroatoms. The number of likely N-dealkylation sites (N-methyl/N-ethyl adjacent to an activating group) is 1. The standard InChI is InChI=1S/C22H22N4O3S/c1-25(2)13-12-16-8-11-22(27)20(14-16)24-23-19-10-9-18(15-21(19)26(28)29)30-17-6-4-3-5-7-17/h3-11,14-15,27H,12-13H2,1-2H3. The first-order valence-electron chi connectivity index (χ1n) is 9.32. The predicted octanol–water partition coefficient (Wildman–Crippen LogP) is 5.97. The van der Waals surface area contributed by atoms with Crippen molar-refractivity contribution in [3.63, 3.8) is 0 Å². The van der Waals surface area contributed by atoms with E-state index in [1.807, 2.05) is 50.5 Å². The molecule has 0 fully saturated rings. The molecule has 0 aromatic heterocycles. The van der Waals surface area contributed by atoms with Crippen LogP contribution in [0.4, 0.5) is 17.1 Å². The smallest absolute Gasteiger partial charge is 0.297 e. The maximum absolute atomic E-state index is 11.5. The molecule has 0 radical (unpaired) electrons. The minimum absolute atomic E-state index is 0.0220. The number of nitro groups is 1. The molecule has 0 heterocycles. The summed E-state index contributed by atoms with van der Waals surface area (Å²) in [4.78, 5) is 14.9. The third-order valence-electron chi connectivity index (χ3n) is 4.28. The minimum Gasteiger partial charge on any atom is -0.506 e. The molecule has 0 aliphatic heterocycles. The molecule has 30 heavy (non-hydrogen) atoms. The van der Waals surface area contributed by atoms with E-state index in [1.54, 1.807) is 24.3 Å². The monoisotopic (exact) mass is 422 g/mol. The van der Waals surface area contributed by atoms with Crippen LogP contribution in [-0.2, 0) is 6.42 Å². The molecule has 3 aromatic carbocycles. The Bertz CT molecular complexity index is 1060. The maximum atomic E-state index is 11.5. The molecule has 0 unspecified atom stereocenters. The molecule has 0 spiro atoms. The highest BCUT2D eigenvalue weighted by Gasteiger charge is 2.15. The predicted molar refractivity (Wildman–Crippen MR) is 118 cm³/mol. The molecule has 7 nitrogen and oxygen atoms in total. The molecule has 0 atom stereocenters. The first kappa shape index (κ1) is 21.5. The zero-order valence-corrected chi connectivity index (χ0v) is 17.5. The lowest BCUT2D eigenvalue weighted by molar-refractivity contribution is -0.384. The maximum Gasteiger partial charge on any atom is 0.297 e. The van der Waals surface area contributed by atoms with Crippen molar-refractivity contribution in [2.45, 2.75) is 16.2 Å². The Balaban J connectivity index is 1.84. The molecular weight excluding hydrogens is 400 g/mol. The van der Waals surface area contributed by atoms with Gasteiger partial charge in [0.1, 0.15) is 11.4 Å². The van der Waals surface area contributed by atoms with Crippen LogP contribution in [0.1, 0.15) is 5.56 Å². The Morgan fingerprint density at radius 2 is 1.70 bits per heavy atom. The number of nitro benzene ring substituents is 1. The second-order valence-corrected chi connectivity index (χ2v) is 8.05. The third-order valence-corrected chi connectivity index (χ3v) is 5.27. The fourth-order valence-corrected chi connectivity index (χ4v) is 3.56. The van der Waals surface area contributed by atoms with Crippen LogP contribution in [0.15, 0.2) is 86.7 Å². The SMILES string of the molecule is CN(C)CCc1ccc(O)c(N=Nc2ccc(Sc3ccccc3)cc2[N+](=O)[O-])c1. The summed E-state index contributed by atoms with van der Waals surface area (Å²) in [5.74, 6) is -0.0220. The highest BCUT2D eigenvalue weighted by molar-refractivity contribution is 7.99. The quantitative estimate of drug-likeness (QED) is 0.274.